The highest BCUT2D eigenvalue weighted by atomic mass is 32.2. The van der Waals surface area contributed by atoms with E-state index in [1.807, 2.05) is 17.8 Å². The molecule has 12 heavy (non-hydrogen) atoms. The molecule has 1 aliphatic rings. The molecule has 2 rings (SSSR count). The van der Waals surface area contributed by atoms with E-state index in [2.05, 4.69) is 18.1 Å². The van der Waals surface area contributed by atoms with E-state index in [4.69, 9.17) is 6.42 Å². The van der Waals surface area contributed by atoms with Crippen molar-refractivity contribution in [2.45, 2.75) is 17.7 Å². The lowest BCUT2D eigenvalue weighted by atomic mass is 10.1. The maximum absolute atomic E-state index is 5.33. The molecule has 0 nitrogen and oxygen atoms in total. The van der Waals surface area contributed by atoms with Crippen LogP contribution in [-0.4, -0.2) is 5.75 Å². The third-order valence-electron chi connectivity index (χ3n) is 2.08. The minimum atomic E-state index is 1.01. The minimum absolute atomic E-state index is 1.01. The molecular formula is C11H10S. The van der Waals surface area contributed by atoms with Crippen molar-refractivity contribution in [1.82, 2.24) is 0 Å². The van der Waals surface area contributed by atoms with Crippen LogP contribution in [0.4, 0.5) is 0 Å². The van der Waals surface area contributed by atoms with E-state index in [1.165, 1.54) is 29.1 Å². The molecule has 1 aromatic rings. The van der Waals surface area contributed by atoms with E-state index < -0.39 is 0 Å². The zero-order chi connectivity index (χ0) is 8.39. The Morgan fingerprint density at radius 1 is 1.42 bits per heavy atom. The van der Waals surface area contributed by atoms with Gasteiger partial charge >= 0.3 is 0 Å². The molecule has 0 spiro atoms. The van der Waals surface area contributed by atoms with Crippen LogP contribution in [0.2, 0.25) is 0 Å². The Bertz CT molecular complexity index is 333. The molecule has 0 atom stereocenters. The Balaban J connectivity index is 2.44. The summed E-state index contributed by atoms with van der Waals surface area (Å²) in [6.07, 6.45) is 7.80. The third kappa shape index (κ3) is 1.35. The van der Waals surface area contributed by atoms with Crippen LogP contribution in [0.25, 0.3) is 0 Å². The van der Waals surface area contributed by atoms with Crippen molar-refractivity contribution in [1.29, 1.82) is 0 Å². The van der Waals surface area contributed by atoms with Gasteiger partial charge in [0.05, 0.1) is 0 Å². The fourth-order valence-electron chi connectivity index (χ4n) is 1.45. The van der Waals surface area contributed by atoms with Crippen molar-refractivity contribution in [3.8, 4) is 12.3 Å². The number of terminal acetylenes is 1. The standard InChI is InChI=1S/C11H10S/c1-2-9-5-6-11-10(8-9)4-3-7-12-11/h1,5-6,8H,3-4,7H2. The summed E-state index contributed by atoms with van der Waals surface area (Å²) < 4.78 is 0. The predicted octanol–water partition coefficient (Wildman–Crippen LogP) is 2.71. The van der Waals surface area contributed by atoms with Gasteiger partial charge in [0.15, 0.2) is 0 Å². The van der Waals surface area contributed by atoms with Gasteiger partial charge in [-0.15, -0.1) is 18.2 Å². The molecule has 0 radical (unpaired) electrons. The van der Waals surface area contributed by atoms with Gasteiger partial charge in [-0.1, -0.05) is 5.92 Å². The second-order valence-corrected chi connectivity index (χ2v) is 4.06. The van der Waals surface area contributed by atoms with Crippen LogP contribution in [0, 0.1) is 12.3 Å². The maximum atomic E-state index is 5.33. The zero-order valence-electron chi connectivity index (χ0n) is 6.84. The van der Waals surface area contributed by atoms with Gasteiger partial charge < -0.3 is 0 Å². The molecule has 0 unspecified atom stereocenters. The van der Waals surface area contributed by atoms with E-state index in [9.17, 15) is 0 Å². The Morgan fingerprint density at radius 2 is 2.33 bits per heavy atom. The van der Waals surface area contributed by atoms with Crippen molar-refractivity contribution in [2.75, 3.05) is 5.75 Å². The lowest BCUT2D eigenvalue weighted by Crippen LogP contribution is -1.98. The largest absolute Gasteiger partial charge is 0.126 e. The van der Waals surface area contributed by atoms with Gasteiger partial charge in [0.2, 0.25) is 0 Å². The lowest BCUT2D eigenvalue weighted by molar-refractivity contribution is 0.889. The predicted molar refractivity (Wildman–Crippen MR) is 53.4 cm³/mol. The van der Waals surface area contributed by atoms with E-state index in [0.717, 1.165) is 5.56 Å². The summed E-state index contributed by atoms with van der Waals surface area (Å²) in [4.78, 5) is 1.42. The number of rotatable bonds is 0. The smallest absolute Gasteiger partial charge is 0.0246 e. The van der Waals surface area contributed by atoms with E-state index in [0.29, 0.717) is 0 Å². The summed E-state index contributed by atoms with van der Waals surface area (Å²) in [6.45, 7) is 0. The first kappa shape index (κ1) is 7.76. The molecule has 0 bridgehead atoms. The highest BCUT2D eigenvalue weighted by Gasteiger charge is 2.08. The van der Waals surface area contributed by atoms with Crippen molar-refractivity contribution >= 4 is 11.8 Å². The van der Waals surface area contributed by atoms with Gasteiger partial charge in [0.25, 0.3) is 0 Å². The Labute approximate surface area is 77.4 Å². The van der Waals surface area contributed by atoms with E-state index >= 15 is 0 Å². The van der Waals surface area contributed by atoms with Gasteiger partial charge in [-0.05, 0) is 42.4 Å². The molecule has 0 saturated carbocycles. The first-order valence-electron chi connectivity index (χ1n) is 4.12. The van der Waals surface area contributed by atoms with Crippen LogP contribution in [0.15, 0.2) is 23.1 Å². The molecule has 1 heteroatoms. The number of hydrogen-bond donors (Lipinski definition) is 0. The van der Waals surface area contributed by atoms with Crippen LogP contribution >= 0.6 is 11.8 Å². The number of benzene rings is 1. The van der Waals surface area contributed by atoms with Crippen LogP contribution < -0.4 is 0 Å². The number of hydrogen-bond acceptors (Lipinski definition) is 1. The zero-order valence-corrected chi connectivity index (χ0v) is 7.66. The molecule has 1 heterocycles. The van der Waals surface area contributed by atoms with Gasteiger partial charge in [0, 0.05) is 10.5 Å². The topological polar surface area (TPSA) is 0 Å². The summed E-state index contributed by atoms with van der Waals surface area (Å²) >= 11 is 1.94. The molecule has 0 saturated heterocycles. The summed E-state index contributed by atoms with van der Waals surface area (Å²) in [5, 5.41) is 0. The maximum Gasteiger partial charge on any atom is 0.0246 e. The molecule has 60 valence electrons. The fraction of sp³-hybridized carbons (Fsp3) is 0.273. The Hall–Kier alpha value is -0.870. The number of fused-ring (bicyclic) bond motifs is 1. The summed E-state index contributed by atoms with van der Waals surface area (Å²) in [6, 6.07) is 6.31. The summed E-state index contributed by atoms with van der Waals surface area (Å²) in [5.74, 6) is 3.92. The van der Waals surface area contributed by atoms with Crippen LogP contribution in [0.5, 0.6) is 0 Å². The van der Waals surface area contributed by atoms with Crippen LogP contribution in [0.1, 0.15) is 17.5 Å². The highest BCUT2D eigenvalue weighted by Crippen LogP contribution is 2.30. The van der Waals surface area contributed by atoms with Crippen LogP contribution in [-0.2, 0) is 6.42 Å². The van der Waals surface area contributed by atoms with Gasteiger partial charge in [0.1, 0.15) is 0 Å². The van der Waals surface area contributed by atoms with Crippen molar-refractivity contribution < 1.29 is 0 Å². The summed E-state index contributed by atoms with van der Waals surface area (Å²) in [5.41, 5.74) is 2.44. The second kappa shape index (κ2) is 3.25. The van der Waals surface area contributed by atoms with Crippen LogP contribution in [0.3, 0.4) is 0 Å². The normalized spacial score (nSPS) is 14.9. The molecule has 0 aliphatic carbocycles. The van der Waals surface area contributed by atoms with E-state index in [1.54, 1.807) is 0 Å². The molecule has 0 fully saturated rings. The quantitative estimate of drug-likeness (QED) is 0.545. The monoisotopic (exact) mass is 174 g/mol. The molecule has 0 amide bonds. The molecular weight excluding hydrogens is 164 g/mol. The Kier molecular flexibility index (Phi) is 2.10. The number of aryl methyl sites for hydroxylation is 1. The average Bonchev–Trinajstić information content (AvgIpc) is 2.17. The molecule has 1 aromatic carbocycles. The molecule has 1 aliphatic heterocycles. The highest BCUT2D eigenvalue weighted by molar-refractivity contribution is 7.99. The lowest BCUT2D eigenvalue weighted by Gasteiger charge is -2.14. The number of thioether (sulfide) groups is 1. The second-order valence-electron chi connectivity index (χ2n) is 2.92. The molecule has 0 N–H and O–H groups in total. The fourth-order valence-corrected chi connectivity index (χ4v) is 2.47. The van der Waals surface area contributed by atoms with E-state index in [-0.39, 0.29) is 0 Å². The average molecular weight is 174 g/mol. The van der Waals surface area contributed by atoms with Crippen molar-refractivity contribution in [3.05, 3.63) is 29.3 Å². The van der Waals surface area contributed by atoms with Gasteiger partial charge in [-0.2, -0.15) is 0 Å². The Morgan fingerprint density at radius 3 is 3.17 bits per heavy atom. The van der Waals surface area contributed by atoms with Crippen molar-refractivity contribution in [3.63, 3.8) is 0 Å². The minimum Gasteiger partial charge on any atom is -0.126 e. The molecule has 0 aromatic heterocycles. The van der Waals surface area contributed by atoms with Crippen molar-refractivity contribution in [2.24, 2.45) is 0 Å². The first-order valence-corrected chi connectivity index (χ1v) is 5.11. The SMILES string of the molecule is C#Cc1ccc2c(c1)CCCS2. The third-order valence-corrected chi connectivity index (χ3v) is 3.28. The summed E-state index contributed by atoms with van der Waals surface area (Å²) in [7, 11) is 0. The van der Waals surface area contributed by atoms with Gasteiger partial charge in [-0.25, -0.2) is 0 Å². The van der Waals surface area contributed by atoms with Gasteiger partial charge in [-0.3, -0.25) is 0 Å². The first-order chi connectivity index (χ1) is 5.90.